The fourth-order valence-corrected chi connectivity index (χ4v) is 4.68. The topological polar surface area (TPSA) is 151 Å². The van der Waals surface area contributed by atoms with E-state index < -0.39 is 42.3 Å². The molecular formula is C30H37N3O8. The van der Waals surface area contributed by atoms with Crippen LogP contribution in [0, 0.1) is 5.92 Å². The second-order valence-corrected chi connectivity index (χ2v) is 10.3. The summed E-state index contributed by atoms with van der Waals surface area (Å²) in [5.74, 6) is -1.86. The van der Waals surface area contributed by atoms with Crippen LogP contribution in [-0.4, -0.2) is 71.8 Å². The third kappa shape index (κ3) is 8.79. The minimum Gasteiger partial charge on any atom is -0.493 e. The van der Waals surface area contributed by atoms with Crippen LogP contribution >= 0.6 is 0 Å². The molecule has 3 atom stereocenters. The maximum Gasteiger partial charge on any atom is 0.305 e. The molecule has 3 amide bonds. The highest BCUT2D eigenvalue weighted by molar-refractivity contribution is 5.94. The van der Waals surface area contributed by atoms with E-state index in [1.165, 1.54) is 12.0 Å². The summed E-state index contributed by atoms with van der Waals surface area (Å²) in [5, 5.41) is 14.2. The van der Waals surface area contributed by atoms with Crippen LogP contribution in [0.5, 0.6) is 11.5 Å². The first-order valence-corrected chi connectivity index (χ1v) is 13.5. The van der Waals surface area contributed by atoms with Crippen molar-refractivity contribution in [2.24, 2.45) is 5.92 Å². The molecule has 3 unspecified atom stereocenters. The Balaban J connectivity index is 1.63. The molecule has 1 fully saturated rings. The number of hydrogen-bond donors (Lipinski definition) is 3. The van der Waals surface area contributed by atoms with E-state index in [-0.39, 0.29) is 18.2 Å². The SMILES string of the molecule is COc1cc(CC(=O)NC(C(=O)N2CCCC2C(=O)NC(C=O)CC(=O)O)C(C)C)ccc1OCc1ccccc1. The van der Waals surface area contributed by atoms with E-state index in [0.717, 1.165) is 5.56 Å². The van der Waals surface area contributed by atoms with Gasteiger partial charge in [0.25, 0.3) is 0 Å². The second-order valence-electron chi connectivity index (χ2n) is 10.3. The number of benzene rings is 2. The summed E-state index contributed by atoms with van der Waals surface area (Å²) < 4.78 is 11.3. The molecule has 11 nitrogen and oxygen atoms in total. The first kappa shape index (κ1) is 31.1. The molecule has 0 aromatic heterocycles. The summed E-state index contributed by atoms with van der Waals surface area (Å²) in [4.78, 5) is 62.9. The molecule has 0 saturated carbocycles. The molecular weight excluding hydrogens is 530 g/mol. The van der Waals surface area contributed by atoms with Gasteiger partial charge in [0.05, 0.1) is 26.0 Å². The van der Waals surface area contributed by atoms with E-state index in [1.807, 2.05) is 30.3 Å². The highest BCUT2D eigenvalue weighted by atomic mass is 16.5. The van der Waals surface area contributed by atoms with Gasteiger partial charge in [0.1, 0.15) is 25.0 Å². The summed E-state index contributed by atoms with van der Waals surface area (Å²) in [6.07, 6.45) is 0.734. The van der Waals surface area contributed by atoms with E-state index >= 15 is 0 Å². The number of carboxylic acid groups (broad SMARTS) is 1. The van der Waals surface area contributed by atoms with Crippen molar-refractivity contribution in [1.82, 2.24) is 15.5 Å². The van der Waals surface area contributed by atoms with E-state index in [0.29, 0.717) is 49.3 Å². The number of nitrogens with zero attached hydrogens (tertiary/aromatic N) is 1. The van der Waals surface area contributed by atoms with Crippen LogP contribution in [0.25, 0.3) is 0 Å². The largest absolute Gasteiger partial charge is 0.493 e. The van der Waals surface area contributed by atoms with Gasteiger partial charge in [0.2, 0.25) is 17.7 Å². The molecule has 1 aliphatic heterocycles. The zero-order valence-corrected chi connectivity index (χ0v) is 23.5. The Hall–Kier alpha value is -4.41. The van der Waals surface area contributed by atoms with Crippen molar-refractivity contribution in [2.45, 2.75) is 64.3 Å². The number of hydrogen-bond acceptors (Lipinski definition) is 7. The molecule has 41 heavy (non-hydrogen) atoms. The fraction of sp³-hybridized carbons (Fsp3) is 0.433. The van der Waals surface area contributed by atoms with Gasteiger partial charge in [-0.3, -0.25) is 19.2 Å². The molecule has 0 spiro atoms. The summed E-state index contributed by atoms with van der Waals surface area (Å²) in [6, 6.07) is 12.0. The third-order valence-corrected chi connectivity index (χ3v) is 6.80. The van der Waals surface area contributed by atoms with Crippen LogP contribution < -0.4 is 20.1 Å². The van der Waals surface area contributed by atoms with Crippen LogP contribution in [0.3, 0.4) is 0 Å². The number of carbonyl (C=O) groups excluding carboxylic acids is 4. The highest BCUT2D eigenvalue weighted by Crippen LogP contribution is 2.29. The predicted molar refractivity (Wildman–Crippen MR) is 149 cm³/mol. The van der Waals surface area contributed by atoms with Gasteiger partial charge in [-0.15, -0.1) is 0 Å². The molecule has 220 valence electrons. The molecule has 0 aliphatic carbocycles. The molecule has 11 heteroatoms. The first-order chi connectivity index (χ1) is 19.6. The molecule has 0 bridgehead atoms. The molecule has 2 aromatic carbocycles. The number of nitrogens with one attached hydrogen (secondary N) is 2. The Morgan fingerprint density at radius 2 is 1.78 bits per heavy atom. The van der Waals surface area contributed by atoms with Crippen molar-refractivity contribution in [3.05, 3.63) is 59.7 Å². The first-order valence-electron chi connectivity index (χ1n) is 13.5. The number of ether oxygens (including phenoxy) is 2. The average molecular weight is 568 g/mol. The van der Waals surface area contributed by atoms with Crippen molar-refractivity contribution in [1.29, 1.82) is 0 Å². The van der Waals surface area contributed by atoms with Gasteiger partial charge < -0.3 is 34.9 Å². The number of rotatable bonds is 14. The molecule has 3 N–H and O–H groups in total. The summed E-state index contributed by atoms with van der Waals surface area (Å²) >= 11 is 0. The smallest absolute Gasteiger partial charge is 0.305 e. The lowest BCUT2D eigenvalue weighted by Crippen LogP contribution is -2.56. The normalized spacial score (nSPS) is 16.0. The maximum atomic E-state index is 13.5. The lowest BCUT2D eigenvalue weighted by molar-refractivity contribution is -0.143. The van der Waals surface area contributed by atoms with E-state index in [1.54, 1.807) is 32.0 Å². The quantitative estimate of drug-likeness (QED) is 0.294. The predicted octanol–water partition coefficient (Wildman–Crippen LogP) is 2.11. The zero-order chi connectivity index (χ0) is 29.9. The van der Waals surface area contributed by atoms with Crippen LogP contribution in [0.4, 0.5) is 0 Å². The lowest BCUT2D eigenvalue weighted by Gasteiger charge is -2.31. The number of carboxylic acids is 1. The minimum atomic E-state index is -1.23. The van der Waals surface area contributed by atoms with Crippen LogP contribution in [0.15, 0.2) is 48.5 Å². The Bertz CT molecular complexity index is 1230. The number of aldehydes is 1. The standard InChI is InChI=1S/C30H37N3O8/c1-19(2)28(30(39)33-13-7-10-23(33)29(38)31-22(17-34)16-27(36)37)32-26(35)15-21-11-12-24(25(14-21)40-3)41-18-20-8-5-4-6-9-20/h4-6,8-9,11-12,14,17,19,22-23,28H,7,10,13,15-16,18H2,1-3H3,(H,31,38)(H,32,35)(H,36,37). The van der Waals surface area contributed by atoms with Gasteiger partial charge in [-0.2, -0.15) is 0 Å². The van der Waals surface area contributed by atoms with E-state index in [9.17, 15) is 24.0 Å². The monoisotopic (exact) mass is 567 g/mol. The van der Waals surface area contributed by atoms with Crippen LogP contribution in [-0.2, 0) is 37.0 Å². The van der Waals surface area contributed by atoms with E-state index in [2.05, 4.69) is 10.6 Å². The van der Waals surface area contributed by atoms with Crippen molar-refractivity contribution in [3.63, 3.8) is 0 Å². The van der Waals surface area contributed by atoms with Gasteiger partial charge in [0.15, 0.2) is 11.5 Å². The van der Waals surface area contributed by atoms with Crippen molar-refractivity contribution in [3.8, 4) is 11.5 Å². The number of methoxy groups -OCH3 is 1. The fourth-order valence-electron chi connectivity index (χ4n) is 4.68. The summed E-state index contributed by atoms with van der Waals surface area (Å²) in [7, 11) is 1.52. The molecule has 0 radical (unpaired) electrons. The maximum absolute atomic E-state index is 13.5. The summed E-state index contributed by atoms with van der Waals surface area (Å²) in [6.45, 7) is 4.26. The molecule has 1 saturated heterocycles. The number of aliphatic carboxylic acids is 1. The molecule has 2 aromatic rings. The Morgan fingerprint density at radius 1 is 1.05 bits per heavy atom. The van der Waals surface area contributed by atoms with Crippen LogP contribution in [0.1, 0.15) is 44.2 Å². The Morgan fingerprint density at radius 3 is 2.41 bits per heavy atom. The van der Waals surface area contributed by atoms with Crippen molar-refractivity contribution >= 4 is 30.0 Å². The average Bonchev–Trinajstić information content (AvgIpc) is 3.45. The zero-order valence-electron chi connectivity index (χ0n) is 23.5. The third-order valence-electron chi connectivity index (χ3n) is 6.80. The van der Waals surface area contributed by atoms with E-state index in [4.69, 9.17) is 14.6 Å². The van der Waals surface area contributed by atoms with Gasteiger partial charge in [-0.1, -0.05) is 50.2 Å². The molecule has 1 aliphatic rings. The summed E-state index contributed by atoms with van der Waals surface area (Å²) in [5.41, 5.74) is 1.67. The van der Waals surface area contributed by atoms with Gasteiger partial charge in [0, 0.05) is 6.54 Å². The van der Waals surface area contributed by atoms with Gasteiger partial charge >= 0.3 is 5.97 Å². The Labute approximate surface area is 239 Å². The van der Waals surface area contributed by atoms with Gasteiger partial charge in [-0.05, 0) is 42.0 Å². The van der Waals surface area contributed by atoms with Crippen LogP contribution in [0.2, 0.25) is 0 Å². The molecule has 3 rings (SSSR count). The number of amides is 3. The van der Waals surface area contributed by atoms with Crippen molar-refractivity contribution < 1.29 is 38.6 Å². The number of carbonyl (C=O) groups is 5. The van der Waals surface area contributed by atoms with Gasteiger partial charge in [-0.25, -0.2) is 0 Å². The van der Waals surface area contributed by atoms with Crippen molar-refractivity contribution in [2.75, 3.05) is 13.7 Å². The minimum absolute atomic E-state index is 0.00799. The number of likely N-dealkylation sites (tertiary alicyclic amines) is 1. The Kier molecular flexibility index (Phi) is 11.3. The molecule has 1 heterocycles. The second kappa shape index (κ2) is 14.8. The lowest BCUT2D eigenvalue weighted by atomic mass is 10.0. The highest BCUT2D eigenvalue weighted by Gasteiger charge is 2.39.